The molecular formula is C9H9F3N2O2. The smallest absolute Gasteiger partial charge is 0.321 e. The van der Waals surface area contributed by atoms with Crippen molar-refractivity contribution >= 4 is 11.7 Å². The molecule has 0 fully saturated rings. The normalized spacial score (nSPS) is 10.0. The number of amides is 2. The van der Waals surface area contributed by atoms with E-state index in [1.54, 1.807) is 0 Å². The third-order valence-corrected chi connectivity index (χ3v) is 1.66. The molecule has 2 N–H and O–H groups in total. The second-order valence-corrected chi connectivity index (χ2v) is 2.79. The molecule has 16 heavy (non-hydrogen) atoms. The molecule has 1 aromatic rings. The standard InChI is InChI=1S/C9H9F3N2O2/c1-16-4-13-9(15)14-6-3-2-5(10)7(11)8(6)12/h2-3H,4H2,1H3,(H2,13,14,15). The molecule has 0 aromatic heterocycles. The van der Waals surface area contributed by atoms with Crippen LogP contribution in [-0.2, 0) is 4.74 Å². The minimum absolute atomic E-state index is 0.0862. The number of anilines is 1. The molecule has 2 amide bonds. The molecule has 1 rings (SSSR count). The van der Waals surface area contributed by atoms with Gasteiger partial charge in [0.05, 0.1) is 5.69 Å². The van der Waals surface area contributed by atoms with Crippen molar-refractivity contribution in [1.82, 2.24) is 5.32 Å². The van der Waals surface area contributed by atoms with Gasteiger partial charge in [-0.2, -0.15) is 0 Å². The summed E-state index contributed by atoms with van der Waals surface area (Å²) in [5.74, 6) is -4.41. The number of methoxy groups -OCH3 is 1. The van der Waals surface area contributed by atoms with Crippen LogP contribution in [0.1, 0.15) is 0 Å². The highest BCUT2D eigenvalue weighted by molar-refractivity contribution is 5.89. The minimum Gasteiger partial charge on any atom is -0.364 e. The van der Waals surface area contributed by atoms with Gasteiger partial charge in [0.1, 0.15) is 6.73 Å². The first-order valence-electron chi connectivity index (χ1n) is 4.23. The second-order valence-electron chi connectivity index (χ2n) is 2.79. The van der Waals surface area contributed by atoms with E-state index in [9.17, 15) is 18.0 Å². The van der Waals surface area contributed by atoms with Gasteiger partial charge in [-0.05, 0) is 12.1 Å². The Hall–Kier alpha value is -1.76. The number of ether oxygens (including phenoxy) is 1. The molecule has 0 heterocycles. The molecule has 0 saturated heterocycles. The van der Waals surface area contributed by atoms with E-state index in [0.717, 1.165) is 6.07 Å². The number of hydrogen-bond acceptors (Lipinski definition) is 2. The van der Waals surface area contributed by atoms with Gasteiger partial charge in [-0.1, -0.05) is 0 Å². The molecule has 1 aromatic carbocycles. The van der Waals surface area contributed by atoms with Crippen molar-refractivity contribution in [1.29, 1.82) is 0 Å². The number of nitrogens with one attached hydrogen (secondary N) is 2. The van der Waals surface area contributed by atoms with Gasteiger partial charge in [-0.25, -0.2) is 18.0 Å². The molecule has 7 heteroatoms. The molecule has 0 unspecified atom stereocenters. The van der Waals surface area contributed by atoms with Gasteiger partial charge in [-0.3, -0.25) is 0 Å². The number of rotatable bonds is 3. The van der Waals surface area contributed by atoms with Gasteiger partial charge < -0.3 is 15.4 Å². The lowest BCUT2D eigenvalue weighted by molar-refractivity contribution is 0.177. The maximum absolute atomic E-state index is 13.1. The summed E-state index contributed by atoms with van der Waals surface area (Å²) in [6, 6.07) is 0.844. The van der Waals surface area contributed by atoms with Crippen molar-refractivity contribution in [3.8, 4) is 0 Å². The molecule has 0 spiro atoms. The minimum atomic E-state index is -1.63. The first-order valence-corrected chi connectivity index (χ1v) is 4.23. The topological polar surface area (TPSA) is 50.4 Å². The highest BCUT2D eigenvalue weighted by atomic mass is 19.2. The first kappa shape index (κ1) is 12.3. The number of carbonyl (C=O) groups excluding carboxylic acids is 1. The van der Waals surface area contributed by atoms with E-state index in [1.165, 1.54) is 7.11 Å². The molecule has 88 valence electrons. The predicted octanol–water partition coefficient (Wildman–Crippen LogP) is 1.83. The van der Waals surface area contributed by atoms with E-state index in [-0.39, 0.29) is 6.73 Å². The van der Waals surface area contributed by atoms with Gasteiger partial charge in [0.15, 0.2) is 17.5 Å². The van der Waals surface area contributed by atoms with Gasteiger partial charge >= 0.3 is 6.03 Å². The fraction of sp³-hybridized carbons (Fsp3) is 0.222. The highest BCUT2D eigenvalue weighted by Gasteiger charge is 2.14. The lowest BCUT2D eigenvalue weighted by Gasteiger charge is -2.08. The van der Waals surface area contributed by atoms with Gasteiger partial charge in [-0.15, -0.1) is 0 Å². The quantitative estimate of drug-likeness (QED) is 0.619. The lowest BCUT2D eigenvalue weighted by Crippen LogP contribution is -2.30. The van der Waals surface area contributed by atoms with Crippen LogP contribution in [0.25, 0.3) is 0 Å². The van der Waals surface area contributed by atoms with Crippen LogP contribution >= 0.6 is 0 Å². The molecular weight excluding hydrogens is 225 g/mol. The fourth-order valence-corrected chi connectivity index (χ4v) is 0.927. The Morgan fingerprint density at radius 2 is 2.00 bits per heavy atom. The molecule has 0 atom stereocenters. The molecule has 0 aliphatic heterocycles. The van der Waals surface area contributed by atoms with Gasteiger partial charge in [0.25, 0.3) is 0 Å². The van der Waals surface area contributed by atoms with Gasteiger partial charge in [0.2, 0.25) is 0 Å². The average molecular weight is 234 g/mol. The number of carbonyl (C=O) groups is 1. The summed E-state index contributed by atoms with van der Waals surface area (Å²) in [5.41, 5.74) is -0.451. The summed E-state index contributed by atoms with van der Waals surface area (Å²) in [4.78, 5) is 11.0. The molecule has 0 saturated carbocycles. The fourth-order valence-electron chi connectivity index (χ4n) is 0.927. The zero-order valence-electron chi connectivity index (χ0n) is 8.31. The second kappa shape index (κ2) is 5.36. The summed E-state index contributed by atoms with van der Waals surface area (Å²) < 4.78 is 42.9. The number of hydrogen-bond donors (Lipinski definition) is 2. The van der Waals surface area contributed by atoms with Crippen LogP contribution in [0, 0.1) is 17.5 Å². The van der Waals surface area contributed by atoms with Crippen LogP contribution in [-0.4, -0.2) is 19.9 Å². The maximum Gasteiger partial charge on any atom is 0.321 e. The van der Waals surface area contributed by atoms with E-state index in [0.29, 0.717) is 6.07 Å². The summed E-state index contributed by atoms with van der Waals surface area (Å²) in [5, 5.41) is 4.19. The largest absolute Gasteiger partial charge is 0.364 e. The zero-order valence-corrected chi connectivity index (χ0v) is 8.31. The van der Waals surface area contributed by atoms with Crippen molar-refractivity contribution in [3.05, 3.63) is 29.6 Å². The van der Waals surface area contributed by atoms with E-state index in [1.807, 2.05) is 5.32 Å². The van der Waals surface area contributed by atoms with Crippen LogP contribution in [0.2, 0.25) is 0 Å². The monoisotopic (exact) mass is 234 g/mol. The number of urea groups is 1. The van der Waals surface area contributed by atoms with E-state index in [4.69, 9.17) is 0 Å². The Labute approximate surface area is 89.4 Å². The van der Waals surface area contributed by atoms with E-state index >= 15 is 0 Å². The Bertz CT molecular complexity index is 399. The third-order valence-electron chi connectivity index (χ3n) is 1.66. The number of halogens is 3. The summed E-state index contributed by atoms with van der Waals surface area (Å²) >= 11 is 0. The summed E-state index contributed by atoms with van der Waals surface area (Å²) in [7, 11) is 1.35. The van der Waals surface area contributed by atoms with Crippen molar-refractivity contribution in [3.63, 3.8) is 0 Å². The first-order chi connectivity index (χ1) is 7.56. The highest BCUT2D eigenvalue weighted by Crippen LogP contribution is 2.19. The van der Waals surface area contributed by atoms with E-state index < -0.39 is 29.2 Å². The van der Waals surface area contributed by atoms with Crippen molar-refractivity contribution in [2.45, 2.75) is 0 Å². The van der Waals surface area contributed by atoms with E-state index in [2.05, 4.69) is 10.1 Å². The predicted molar refractivity (Wildman–Crippen MR) is 50.3 cm³/mol. The SMILES string of the molecule is COCNC(=O)Nc1ccc(F)c(F)c1F. The van der Waals surface area contributed by atoms with Crippen molar-refractivity contribution in [2.75, 3.05) is 19.2 Å². The third kappa shape index (κ3) is 2.86. The van der Waals surface area contributed by atoms with Crippen LogP contribution in [0.4, 0.5) is 23.7 Å². The molecule has 0 radical (unpaired) electrons. The van der Waals surface area contributed by atoms with Crippen molar-refractivity contribution < 1.29 is 22.7 Å². The van der Waals surface area contributed by atoms with Crippen LogP contribution < -0.4 is 10.6 Å². The van der Waals surface area contributed by atoms with Gasteiger partial charge in [0, 0.05) is 7.11 Å². The Morgan fingerprint density at radius 3 is 2.62 bits per heavy atom. The van der Waals surface area contributed by atoms with Crippen molar-refractivity contribution in [2.24, 2.45) is 0 Å². The molecule has 0 aliphatic rings. The Balaban J connectivity index is 2.74. The van der Waals surface area contributed by atoms with Crippen LogP contribution in [0.5, 0.6) is 0 Å². The number of benzene rings is 1. The molecule has 0 aliphatic carbocycles. The van der Waals surface area contributed by atoms with Crippen LogP contribution in [0.15, 0.2) is 12.1 Å². The molecule has 4 nitrogen and oxygen atoms in total. The lowest BCUT2D eigenvalue weighted by atomic mass is 10.3. The maximum atomic E-state index is 13.1. The van der Waals surface area contributed by atoms with Crippen LogP contribution in [0.3, 0.4) is 0 Å². The average Bonchev–Trinajstić information content (AvgIpc) is 2.27. The summed E-state index contributed by atoms with van der Waals surface area (Å²) in [6.07, 6.45) is 0. The summed E-state index contributed by atoms with van der Waals surface area (Å²) in [6.45, 7) is -0.0862. The zero-order chi connectivity index (χ0) is 12.1. The Morgan fingerprint density at radius 1 is 1.31 bits per heavy atom. The Kier molecular flexibility index (Phi) is 4.12. The molecule has 0 bridgehead atoms.